The maximum absolute atomic E-state index is 12.9. The number of carbonyl (C=O) groups excluding carboxylic acids is 1. The number of benzene rings is 1. The third-order valence-electron chi connectivity index (χ3n) is 3.82. The summed E-state index contributed by atoms with van der Waals surface area (Å²) >= 11 is 5.54. The van der Waals surface area contributed by atoms with E-state index in [2.05, 4.69) is 15.5 Å². The molecule has 6 nitrogen and oxygen atoms in total. The number of halogens is 4. The van der Waals surface area contributed by atoms with E-state index in [0.29, 0.717) is 26.3 Å². The number of anilines is 1. The Balaban J connectivity index is 1.93. The van der Waals surface area contributed by atoms with Gasteiger partial charge in [0.15, 0.2) is 0 Å². The van der Waals surface area contributed by atoms with Crippen LogP contribution in [0.25, 0.3) is 0 Å². The number of hydrogen-bond acceptors (Lipinski definition) is 5. The van der Waals surface area contributed by atoms with Gasteiger partial charge in [0.05, 0.1) is 23.8 Å². The van der Waals surface area contributed by atoms with Gasteiger partial charge in [-0.3, -0.25) is 9.69 Å². The van der Waals surface area contributed by atoms with Gasteiger partial charge in [0.1, 0.15) is 11.6 Å². The van der Waals surface area contributed by atoms with E-state index < -0.39 is 22.7 Å². The molecule has 0 aromatic heterocycles. The number of rotatable bonds is 6. The molecule has 1 heterocycles. The fraction of sp³-hybridized carbons (Fsp3) is 0.412. The zero-order valence-electron chi connectivity index (χ0n) is 14.3. The van der Waals surface area contributed by atoms with E-state index >= 15 is 0 Å². The van der Waals surface area contributed by atoms with E-state index in [1.165, 1.54) is 12.3 Å². The maximum Gasteiger partial charge on any atom is 0.417 e. The van der Waals surface area contributed by atoms with E-state index in [9.17, 15) is 18.0 Å². The van der Waals surface area contributed by atoms with Crippen molar-refractivity contribution in [3.63, 3.8) is 0 Å². The van der Waals surface area contributed by atoms with Gasteiger partial charge in [0.2, 0.25) is 0 Å². The molecule has 1 amide bonds. The van der Waals surface area contributed by atoms with Crippen molar-refractivity contribution < 1.29 is 22.7 Å². The largest absolute Gasteiger partial charge is 0.417 e. The number of nitrogens with one attached hydrogen (secondary N) is 2. The number of alkyl halides is 3. The van der Waals surface area contributed by atoms with Crippen molar-refractivity contribution in [2.24, 2.45) is 0 Å². The van der Waals surface area contributed by atoms with E-state index in [-0.39, 0.29) is 11.3 Å². The third-order valence-corrected chi connectivity index (χ3v) is 4.15. The summed E-state index contributed by atoms with van der Waals surface area (Å²) in [6, 6.07) is 4.72. The molecule has 2 rings (SSSR count). The fourth-order valence-electron chi connectivity index (χ4n) is 2.39. The summed E-state index contributed by atoms with van der Waals surface area (Å²) in [5.41, 5.74) is -1.42. The van der Waals surface area contributed by atoms with Gasteiger partial charge >= 0.3 is 6.18 Å². The zero-order chi connectivity index (χ0) is 19.9. The summed E-state index contributed by atoms with van der Waals surface area (Å²) in [7, 11) is 0. The molecule has 0 unspecified atom stereocenters. The van der Waals surface area contributed by atoms with Crippen LogP contribution in [0.1, 0.15) is 5.56 Å². The summed E-state index contributed by atoms with van der Waals surface area (Å²) < 4.78 is 43.8. The molecule has 0 spiro atoms. The summed E-state index contributed by atoms with van der Waals surface area (Å²) in [5.74, 6) is -0.813. The molecule has 1 aliphatic heterocycles. The Morgan fingerprint density at radius 1 is 1.37 bits per heavy atom. The van der Waals surface area contributed by atoms with Gasteiger partial charge in [0, 0.05) is 38.1 Å². The van der Waals surface area contributed by atoms with Crippen molar-refractivity contribution in [2.75, 3.05) is 44.7 Å². The van der Waals surface area contributed by atoms with Crippen molar-refractivity contribution in [3.05, 3.63) is 40.6 Å². The maximum atomic E-state index is 12.9. The summed E-state index contributed by atoms with van der Waals surface area (Å²) in [6.07, 6.45) is -3.40. The lowest BCUT2D eigenvalue weighted by Gasteiger charge is -2.26. The molecule has 0 aliphatic carbocycles. The Kier molecular flexibility index (Phi) is 7.47. The van der Waals surface area contributed by atoms with Crippen molar-refractivity contribution in [2.45, 2.75) is 6.18 Å². The summed E-state index contributed by atoms with van der Waals surface area (Å²) in [5, 5.41) is 13.8. The minimum absolute atomic E-state index is 0.105. The Morgan fingerprint density at radius 2 is 2.07 bits per heavy atom. The van der Waals surface area contributed by atoms with Crippen LogP contribution in [-0.2, 0) is 15.7 Å². The van der Waals surface area contributed by atoms with E-state index in [1.54, 1.807) is 6.07 Å². The molecular formula is C17H18ClF3N4O2. The van der Waals surface area contributed by atoms with Crippen LogP contribution < -0.4 is 10.6 Å². The zero-order valence-corrected chi connectivity index (χ0v) is 15.0. The molecule has 1 saturated heterocycles. The monoisotopic (exact) mass is 402 g/mol. The van der Waals surface area contributed by atoms with Crippen molar-refractivity contribution in [1.82, 2.24) is 10.2 Å². The van der Waals surface area contributed by atoms with E-state index in [0.717, 1.165) is 25.2 Å². The highest BCUT2D eigenvalue weighted by Gasteiger charge is 2.33. The van der Waals surface area contributed by atoms with Gasteiger partial charge in [-0.2, -0.15) is 18.4 Å². The molecule has 10 heteroatoms. The standard InChI is InChI=1S/C17H18ClF3N4O2/c18-15-2-1-13(9-14(15)17(19,20)21)24-16(26)12(10-22)11-23-3-4-25-5-7-27-8-6-25/h1-2,9,11,23H,3-8H2,(H,24,26)/b12-11-. The van der Waals surface area contributed by atoms with Crippen molar-refractivity contribution >= 4 is 23.2 Å². The fourth-order valence-corrected chi connectivity index (χ4v) is 2.61. The number of ether oxygens (including phenoxy) is 1. The molecule has 146 valence electrons. The van der Waals surface area contributed by atoms with Gasteiger partial charge in [-0.05, 0) is 18.2 Å². The normalized spacial score (nSPS) is 15.9. The van der Waals surface area contributed by atoms with Crippen LogP contribution in [0.2, 0.25) is 5.02 Å². The Labute approximate surface area is 159 Å². The summed E-state index contributed by atoms with van der Waals surface area (Å²) in [6.45, 7) is 4.19. The number of amides is 1. The molecule has 1 aromatic carbocycles. The SMILES string of the molecule is N#C/C(=C/NCCN1CCOCC1)C(=O)Nc1ccc(Cl)c(C(F)(F)F)c1. The van der Waals surface area contributed by atoms with Crippen LogP contribution in [0, 0.1) is 11.3 Å². The second-order valence-corrected chi connectivity index (χ2v) is 6.13. The highest BCUT2D eigenvalue weighted by atomic mass is 35.5. The Morgan fingerprint density at radius 3 is 2.70 bits per heavy atom. The quantitative estimate of drug-likeness (QED) is 0.434. The van der Waals surface area contributed by atoms with Crippen molar-refractivity contribution in [1.29, 1.82) is 5.26 Å². The topological polar surface area (TPSA) is 77.4 Å². The smallest absolute Gasteiger partial charge is 0.388 e. The molecule has 1 fully saturated rings. The van der Waals surface area contributed by atoms with Crippen LogP contribution in [0.5, 0.6) is 0 Å². The van der Waals surface area contributed by atoms with Crippen LogP contribution in [0.3, 0.4) is 0 Å². The van der Waals surface area contributed by atoms with Crippen LogP contribution in [0.4, 0.5) is 18.9 Å². The van der Waals surface area contributed by atoms with Gasteiger partial charge in [0.25, 0.3) is 5.91 Å². The minimum atomic E-state index is -4.65. The first kappa shape index (κ1) is 21.0. The lowest BCUT2D eigenvalue weighted by Crippen LogP contribution is -2.39. The molecule has 0 radical (unpaired) electrons. The van der Waals surface area contributed by atoms with Crippen LogP contribution >= 0.6 is 11.6 Å². The molecule has 1 aromatic rings. The average Bonchev–Trinajstić information content (AvgIpc) is 2.63. The predicted octanol–water partition coefficient (Wildman–Crippen LogP) is 2.63. The number of morpholine rings is 1. The number of nitriles is 1. The van der Waals surface area contributed by atoms with Crippen molar-refractivity contribution in [3.8, 4) is 6.07 Å². The van der Waals surface area contributed by atoms with Crippen LogP contribution in [-0.4, -0.2) is 50.2 Å². The lowest BCUT2D eigenvalue weighted by molar-refractivity contribution is -0.137. The molecule has 2 N–H and O–H groups in total. The number of carbonyl (C=O) groups is 1. The number of nitrogens with zero attached hydrogens (tertiary/aromatic N) is 2. The van der Waals surface area contributed by atoms with Crippen LogP contribution in [0.15, 0.2) is 30.0 Å². The first-order valence-electron chi connectivity index (χ1n) is 8.13. The van der Waals surface area contributed by atoms with Gasteiger partial charge in [-0.15, -0.1) is 0 Å². The second-order valence-electron chi connectivity index (χ2n) is 5.72. The van der Waals surface area contributed by atoms with E-state index in [4.69, 9.17) is 21.6 Å². The predicted molar refractivity (Wildman–Crippen MR) is 94.0 cm³/mol. The van der Waals surface area contributed by atoms with Gasteiger partial charge < -0.3 is 15.4 Å². The first-order chi connectivity index (χ1) is 12.8. The highest BCUT2D eigenvalue weighted by Crippen LogP contribution is 2.36. The second kappa shape index (κ2) is 9.60. The van der Waals surface area contributed by atoms with Gasteiger partial charge in [-0.25, -0.2) is 0 Å². The molecule has 0 bridgehead atoms. The average molecular weight is 403 g/mol. The Bertz CT molecular complexity index is 741. The molecule has 1 aliphatic rings. The lowest BCUT2D eigenvalue weighted by atomic mass is 10.2. The first-order valence-corrected chi connectivity index (χ1v) is 8.51. The third kappa shape index (κ3) is 6.43. The molecule has 0 saturated carbocycles. The molecule has 27 heavy (non-hydrogen) atoms. The molecular weight excluding hydrogens is 385 g/mol. The van der Waals surface area contributed by atoms with E-state index in [1.807, 2.05) is 0 Å². The number of hydrogen-bond donors (Lipinski definition) is 2. The molecule has 0 atom stereocenters. The highest BCUT2D eigenvalue weighted by molar-refractivity contribution is 6.31. The minimum Gasteiger partial charge on any atom is -0.388 e. The Hall–Kier alpha value is -2.28. The summed E-state index contributed by atoms with van der Waals surface area (Å²) in [4.78, 5) is 14.3. The van der Waals surface area contributed by atoms with Gasteiger partial charge in [-0.1, -0.05) is 11.6 Å².